The van der Waals surface area contributed by atoms with Crippen LogP contribution in [0.5, 0.6) is 0 Å². The number of nitrogens with one attached hydrogen (secondary N) is 1. The van der Waals surface area contributed by atoms with Gasteiger partial charge in [0.1, 0.15) is 18.0 Å². The molecule has 4 heterocycles. The van der Waals surface area contributed by atoms with Crippen LogP contribution in [0.25, 0.3) is 0 Å². The molecule has 0 bridgehead atoms. The first kappa shape index (κ1) is 19.2. The molecule has 3 fully saturated rings. The third-order valence-electron chi connectivity index (χ3n) is 6.47. The van der Waals surface area contributed by atoms with E-state index in [-0.39, 0.29) is 30.4 Å². The molecule has 1 spiro atoms. The molecule has 1 aromatic rings. The van der Waals surface area contributed by atoms with E-state index < -0.39 is 17.7 Å². The van der Waals surface area contributed by atoms with Crippen LogP contribution in [0, 0.1) is 0 Å². The molecule has 1 saturated carbocycles. The van der Waals surface area contributed by atoms with Gasteiger partial charge in [0.15, 0.2) is 6.10 Å². The van der Waals surface area contributed by atoms with Gasteiger partial charge < -0.3 is 19.9 Å². The minimum absolute atomic E-state index is 0.0829. The molecular formula is C21H25N5O4. The number of pyridine rings is 1. The zero-order chi connectivity index (χ0) is 20.9. The first-order chi connectivity index (χ1) is 14.5. The maximum Gasteiger partial charge on any atom is 0.254 e. The lowest BCUT2D eigenvalue weighted by atomic mass is 9.87. The van der Waals surface area contributed by atoms with Crippen molar-refractivity contribution in [1.29, 1.82) is 0 Å². The maximum atomic E-state index is 13.5. The van der Waals surface area contributed by atoms with E-state index in [9.17, 15) is 14.4 Å². The van der Waals surface area contributed by atoms with Gasteiger partial charge in [-0.1, -0.05) is 6.07 Å². The molecule has 0 unspecified atom stereocenters. The smallest absolute Gasteiger partial charge is 0.254 e. The second kappa shape index (κ2) is 7.16. The van der Waals surface area contributed by atoms with Gasteiger partial charge in [-0.05, 0) is 44.2 Å². The van der Waals surface area contributed by atoms with Crippen molar-refractivity contribution in [2.75, 3.05) is 19.7 Å². The van der Waals surface area contributed by atoms with Crippen molar-refractivity contribution >= 4 is 23.6 Å². The third-order valence-corrected chi connectivity index (χ3v) is 6.47. The average Bonchev–Trinajstić information content (AvgIpc) is 3.55. The van der Waals surface area contributed by atoms with Crippen LogP contribution in [0.15, 0.2) is 29.5 Å². The third kappa shape index (κ3) is 3.17. The Morgan fingerprint density at radius 1 is 1.27 bits per heavy atom. The largest absolute Gasteiger partial charge is 0.356 e. The van der Waals surface area contributed by atoms with E-state index in [0.29, 0.717) is 31.8 Å². The minimum atomic E-state index is -0.774. The average molecular weight is 411 g/mol. The monoisotopic (exact) mass is 411 g/mol. The summed E-state index contributed by atoms with van der Waals surface area (Å²) < 4.78 is 5.82. The number of amides is 3. The number of hydrogen-bond donors (Lipinski definition) is 1. The molecule has 0 aromatic carbocycles. The number of nitrogens with zero attached hydrogens (tertiary/aromatic N) is 4. The Morgan fingerprint density at radius 3 is 2.63 bits per heavy atom. The normalized spacial score (nSPS) is 28.5. The van der Waals surface area contributed by atoms with Crippen molar-refractivity contribution in [2.24, 2.45) is 4.99 Å². The fourth-order valence-electron chi connectivity index (χ4n) is 4.80. The number of carbonyl (C=O) groups is 3. The van der Waals surface area contributed by atoms with Crippen molar-refractivity contribution in [1.82, 2.24) is 20.1 Å². The maximum absolute atomic E-state index is 13.5. The molecule has 9 heteroatoms. The molecule has 2 saturated heterocycles. The van der Waals surface area contributed by atoms with Crippen molar-refractivity contribution in [3.8, 4) is 0 Å². The van der Waals surface area contributed by atoms with Gasteiger partial charge in [-0.25, -0.2) is 0 Å². The summed E-state index contributed by atoms with van der Waals surface area (Å²) in [6.45, 7) is 2.55. The highest BCUT2D eigenvalue weighted by molar-refractivity contribution is 6.07. The lowest BCUT2D eigenvalue weighted by molar-refractivity contribution is -0.171. The molecule has 2 atom stereocenters. The Bertz CT molecular complexity index is 905. The number of piperidine rings is 1. The van der Waals surface area contributed by atoms with Crippen LogP contribution in [0.2, 0.25) is 0 Å². The molecular weight excluding hydrogens is 386 g/mol. The standard InChI is InChI=1S/C21H25N5O4/c1-13-23-20(29)21(24-13)6-9-25(10-7-21)19(28)18-17(14-3-2-8-22-11-14)26(15-4-5-15)16(27)12-30-18/h2-3,8,11,15,17-18H,4-7,9-10,12H2,1H3,(H,23,24,29)/t17-,18+/m1/s1. The van der Waals surface area contributed by atoms with Crippen LogP contribution < -0.4 is 5.32 Å². The van der Waals surface area contributed by atoms with Gasteiger partial charge in [0.25, 0.3) is 11.8 Å². The fourth-order valence-corrected chi connectivity index (χ4v) is 4.80. The Labute approximate surface area is 174 Å². The zero-order valence-electron chi connectivity index (χ0n) is 16.9. The molecule has 3 aliphatic heterocycles. The molecule has 5 rings (SSSR count). The van der Waals surface area contributed by atoms with Crippen molar-refractivity contribution in [2.45, 2.75) is 56.3 Å². The number of likely N-dealkylation sites (tertiary alicyclic amines) is 1. The Hall–Kier alpha value is -2.81. The molecule has 1 aliphatic carbocycles. The van der Waals surface area contributed by atoms with Crippen molar-refractivity contribution in [3.63, 3.8) is 0 Å². The zero-order valence-corrected chi connectivity index (χ0v) is 16.9. The molecule has 0 radical (unpaired) electrons. The summed E-state index contributed by atoms with van der Waals surface area (Å²) in [5.74, 6) is 0.321. The van der Waals surface area contributed by atoms with E-state index in [1.807, 2.05) is 17.0 Å². The number of aromatic nitrogens is 1. The quantitative estimate of drug-likeness (QED) is 0.776. The van der Waals surface area contributed by atoms with E-state index in [4.69, 9.17) is 4.74 Å². The number of hydrogen-bond acceptors (Lipinski definition) is 6. The lowest BCUT2D eigenvalue weighted by Crippen LogP contribution is -2.58. The van der Waals surface area contributed by atoms with E-state index >= 15 is 0 Å². The van der Waals surface area contributed by atoms with E-state index in [1.54, 1.807) is 24.2 Å². The Morgan fingerprint density at radius 2 is 2.03 bits per heavy atom. The minimum Gasteiger partial charge on any atom is -0.356 e. The molecule has 158 valence electrons. The first-order valence-electron chi connectivity index (χ1n) is 10.5. The van der Waals surface area contributed by atoms with Crippen LogP contribution in [0.3, 0.4) is 0 Å². The number of rotatable bonds is 3. The summed E-state index contributed by atoms with van der Waals surface area (Å²) in [5, 5.41) is 2.78. The van der Waals surface area contributed by atoms with E-state index in [0.717, 1.165) is 18.4 Å². The molecule has 9 nitrogen and oxygen atoms in total. The van der Waals surface area contributed by atoms with Crippen LogP contribution in [-0.2, 0) is 19.1 Å². The van der Waals surface area contributed by atoms with Gasteiger partial charge in [0.2, 0.25) is 5.91 Å². The summed E-state index contributed by atoms with van der Waals surface area (Å²) in [6.07, 6.45) is 5.46. The highest BCUT2D eigenvalue weighted by atomic mass is 16.5. The predicted molar refractivity (Wildman–Crippen MR) is 106 cm³/mol. The summed E-state index contributed by atoms with van der Waals surface area (Å²) in [7, 11) is 0. The SMILES string of the molecule is CC1=NC2(CCN(C(=O)[C@H]3OCC(=O)N(C4CC4)[C@@H]3c3cccnc3)CC2)C(=O)N1. The van der Waals surface area contributed by atoms with Crippen molar-refractivity contribution in [3.05, 3.63) is 30.1 Å². The van der Waals surface area contributed by atoms with Crippen LogP contribution in [0.4, 0.5) is 0 Å². The van der Waals surface area contributed by atoms with Crippen LogP contribution in [-0.4, -0.2) is 75.7 Å². The molecule has 4 aliphatic rings. The van der Waals surface area contributed by atoms with E-state index in [2.05, 4.69) is 15.3 Å². The Balaban J connectivity index is 1.38. The predicted octanol–water partition coefficient (Wildman–Crippen LogP) is 0.422. The molecule has 3 amide bonds. The van der Waals surface area contributed by atoms with Gasteiger partial charge >= 0.3 is 0 Å². The van der Waals surface area contributed by atoms with Gasteiger partial charge in [-0.15, -0.1) is 0 Å². The van der Waals surface area contributed by atoms with Gasteiger partial charge in [-0.3, -0.25) is 24.4 Å². The van der Waals surface area contributed by atoms with Gasteiger partial charge in [-0.2, -0.15) is 0 Å². The lowest BCUT2D eigenvalue weighted by Gasteiger charge is -2.43. The molecule has 30 heavy (non-hydrogen) atoms. The molecule has 1 aromatic heterocycles. The van der Waals surface area contributed by atoms with Gasteiger partial charge in [0, 0.05) is 31.5 Å². The number of aliphatic imine (C=N–C) groups is 1. The van der Waals surface area contributed by atoms with Crippen LogP contribution >= 0.6 is 0 Å². The fraction of sp³-hybridized carbons (Fsp3) is 0.571. The van der Waals surface area contributed by atoms with Crippen molar-refractivity contribution < 1.29 is 19.1 Å². The first-order valence-corrected chi connectivity index (χ1v) is 10.5. The number of ether oxygens (including phenoxy) is 1. The topological polar surface area (TPSA) is 104 Å². The summed E-state index contributed by atoms with van der Waals surface area (Å²) in [4.78, 5) is 50.7. The second-order valence-electron chi connectivity index (χ2n) is 8.50. The van der Waals surface area contributed by atoms with E-state index in [1.165, 1.54) is 0 Å². The molecule has 1 N–H and O–H groups in total. The summed E-state index contributed by atoms with van der Waals surface area (Å²) in [6, 6.07) is 3.38. The number of amidine groups is 1. The van der Waals surface area contributed by atoms with Gasteiger partial charge in [0.05, 0.1) is 6.04 Å². The number of morpholine rings is 1. The highest BCUT2D eigenvalue weighted by Gasteiger charge is 2.50. The summed E-state index contributed by atoms with van der Waals surface area (Å²) in [5.41, 5.74) is 0.0484. The van der Waals surface area contributed by atoms with Crippen LogP contribution in [0.1, 0.15) is 44.2 Å². The Kier molecular flexibility index (Phi) is 4.57. The highest BCUT2D eigenvalue weighted by Crippen LogP contribution is 2.40. The second-order valence-corrected chi connectivity index (χ2v) is 8.50. The number of carbonyl (C=O) groups excluding carboxylic acids is 3. The summed E-state index contributed by atoms with van der Waals surface area (Å²) >= 11 is 0.